The number of benzene rings is 2. The van der Waals surface area contributed by atoms with E-state index in [2.05, 4.69) is 26.1 Å². The van der Waals surface area contributed by atoms with E-state index in [0.717, 1.165) is 18.4 Å². The molecule has 5 heterocycles. The normalized spacial score (nSPS) is 18.0. The number of hydrogen-bond acceptors (Lipinski definition) is 8. The van der Waals surface area contributed by atoms with Gasteiger partial charge < -0.3 is 30.9 Å². The number of aryl methyl sites for hydroxylation is 1. The first-order chi connectivity index (χ1) is 18.4. The third-order valence-electron chi connectivity index (χ3n) is 5.73. The average molecular weight is 537 g/mol. The molecule has 4 bridgehead atoms. The van der Waals surface area contributed by atoms with Crippen molar-refractivity contribution in [2.24, 2.45) is 10.7 Å². The van der Waals surface area contributed by atoms with Gasteiger partial charge in [0, 0.05) is 12.1 Å². The van der Waals surface area contributed by atoms with Crippen molar-refractivity contribution in [3.05, 3.63) is 76.5 Å². The molecule has 4 aliphatic rings. The molecule has 11 heteroatoms. The van der Waals surface area contributed by atoms with Crippen molar-refractivity contribution in [2.45, 2.75) is 26.3 Å². The molecule has 2 amide bonds. The molecule has 0 aliphatic carbocycles. The van der Waals surface area contributed by atoms with Crippen LogP contribution in [0.5, 0.6) is 5.75 Å². The van der Waals surface area contributed by atoms with Gasteiger partial charge in [-0.25, -0.2) is 0 Å². The minimum absolute atomic E-state index is 0.0700. The van der Waals surface area contributed by atoms with Crippen LogP contribution in [0.1, 0.15) is 34.5 Å². The van der Waals surface area contributed by atoms with E-state index in [1.807, 2.05) is 12.2 Å². The van der Waals surface area contributed by atoms with Crippen LogP contribution in [0.4, 0.5) is 5.69 Å². The molecule has 0 fully saturated rings. The number of hydrogen-bond donors (Lipinski definition) is 4. The van der Waals surface area contributed by atoms with Crippen molar-refractivity contribution >= 4 is 35.1 Å². The number of carbonyl (C=O) groups excluding carboxylic acids is 2. The standard InChI is InChI=1S/C27H29ClN6O4/c1-17-24-25(34-38-17)19-7-9-20(10-8-19)37-13-5-3-2-4-12-30-16-23(35)32-22-11-6-18(14-21(22)28)15-31-27(29)33-26(24)36/h3,5-11,14,30H,2,4,12-13,15-16H2,1H3,(H,32,35)(H3,29,31,33,36)/b5-3+. The second-order valence-corrected chi connectivity index (χ2v) is 9.01. The number of aliphatic imine (C=N–C) groups is 1. The third kappa shape index (κ3) is 7.21. The Balaban J connectivity index is 1.55. The van der Waals surface area contributed by atoms with Crippen LogP contribution in [0.15, 0.2) is 64.1 Å². The first kappa shape index (κ1) is 26.9. The predicted molar refractivity (Wildman–Crippen MR) is 146 cm³/mol. The van der Waals surface area contributed by atoms with Gasteiger partial charge in [0.1, 0.15) is 29.4 Å². The van der Waals surface area contributed by atoms with Gasteiger partial charge >= 0.3 is 0 Å². The maximum absolute atomic E-state index is 13.0. The Hall–Kier alpha value is -4.15. The van der Waals surface area contributed by atoms with Crippen LogP contribution in [0.25, 0.3) is 11.3 Å². The van der Waals surface area contributed by atoms with E-state index in [0.29, 0.717) is 46.6 Å². The minimum Gasteiger partial charge on any atom is -0.490 e. The lowest BCUT2D eigenvalue weighted by Crippen LogP contribution is -2.32. The summed E-state index contributed by atoms with van der Waals surface area (Å²) in [5.41, 5.74) is 8.56. The number of aromatic nitrogens is 1. The number of nitrogens with two attached hydrogens (primary N) is 1. The van der Waals surface area contributed by atoms with E-state index in [9.17, 15) is 9.59 Å². The second kappa shape index (κ2) is 12.9. The molecule has 3 aromatic rings. The lowest BCUT2D eigenvalue weighted by atomic mass is 10.1. The van der Waals surface area contributed by atoms with Gasteiger partial charge in [0.25, 0.3) is 5.91 Å². The lowest BCUT2D eigenvalue weighted by molar-refractivity contribution is -0.115. The van der Waals surface area contributed by atoms with E-state index < -0.39 is 5.91 Å². The van der Waals surface area contributed by atoms with E-state index in [4.69, 9.17) is 26.6 Å². The molecule has 2 aromatic carbocycles. The fourth-order valence-electron chi connectivity index (χ4n) is 3.77. The summed E-state index contributed by atoms with van der Waals surface area (Å²) >= 11 is 6.36. The zero-order valence-electron chi connectivity index (χ0n) is 20.9. The number of allylic oxidation sites excluding steroid dienone is 1. The maximum Gasteiger partial charge on any atom is 0.286 e. The molecule has 7 rings (SSSR count). The van der Waals surface area contributed by atoms with Crippen molar-refractivity contribution in [2.75, 3.05) is 25.0 Å². The molecule has 1 aromatic heterocycles. The van der Waals surface area contributed by atoms with Crippen LogP contribution in [0.3, 0.4) is 0 Å². The lowest BCUT2D eigenvalue weighted by Gasteiger charge is -2.11. The molecule has 4 aliphatic heterocycles. The summed E-state index contributed by atoms with van der Waals surface area (Å²) in [5.74, 6) is 0.173. The van der Waals surface area contributed by atoms with Crippen LogP contribution in [-0.4, -0.2) is 42.6 Å². The molecule has 0 saturated heterocycles. The molecule has 0 spiro atoms. The van der Waals surface area contributed by atoms with Gasteiger partial charge in [-0.3, -0.25) is 9.59 Å². The monoisotopic (exact) mass is 536 g/mol. The summed E-state index contributed by atoms with van der Waals surface area (Å²) in [6.45, 7) is 3.21. The first-order valence-electron chi connectivity index (χ1n) is 12.2. The Labute approximate surface area is 225 Å². The van der Waals surface area contributed by atoms with E-state index in [-0.39, 0.29) is 30.5 Å². The summed E-state index contributed by atoms with van der Waals surface area (Å²) in [5, 5.41) is 13.3. The SMILES string of the molecule is Cc1onc2c1C(=O)/N=C(\N)NCc1ccc(c(Cl)c1)NC(=O)CNCCC/C=C/COc1ccc-2cc1. The summed E-state index contributed by atoms with van der Waals surface area (Å²) in [6, 6.07) is 12.4. The fourth-order valence-corrected chi connectivity index (χ4v) is 4.02. The predicted octanol–water partition coefficient (Wildman–Crippen LogP) is 3.81. The van der Waals surface area contributed by atoms with Gasteiger partial charge in [-0.05, 0) is 68.3 Å². The number of rotatable bonds is 0. The van der Waals surface area contributed by atoms with Crippen molar-refractivity contribution in [1.29, 1.82) is 0 Å². The number of nitrogens with one attached hydrogen (secondary N) is 3. The van der Waals surface area contributed by atoms with Gasteiger partial charge in [0.2, 0.25) is 5.91 Å². The van der Waals surface area contributed by atoms with Crippen LogP contribution in [0, 0.1) is 6.92 Å². The molecule has 0 atom stereocenters. The van der Waals surface area contributed by atoms with E-state index in [1.165, 1.54) is 0 Å². The molecule has 5 N–H and O–H groups in total. The number of carbonyl (C=O) groups is 2. The Morgan fingerprint density at radius 2 is 1.87 bits per heavy atom. The fraction of sp³-hybridized carbons (Fsp3) is 0.259. The highest BCUT2D eigenvalue weighted by atomic mass is 35.5. The number of guanidine groups is 1. The smallest absolute Gasteiger partial charge is 0.286 e. The number of amides is 2. The highest BCUT2D eigenvalue weighted by Gasteiger charge is 2.22. The first-order valence-corrected chi connectivity index (χ1v) is 12.5. The number of halogens is 1. The van der Waals surface area contributed by atoms with Gasteiger partial charge in [-0.15, -0.1) is 0 Å². The highest BCUT2D eigenvalue weighted by Crippen LogP contribution is 2.28. The zero-order chi connectivity index (χ0) is 26.9. The van der Waals surface area contributed by atoms with Crippen LogP contribution >= 0.6 is 11.6 Å². The molecule has 10 nitrogen and oxygen atoms in total. The Morgan fingerprint density at radius 3 is 2.66 bits per heavy atom. The van der Waals surface area contributed by atoms with Gasteiger partial charge in [-0.1, -0.05) is 35.0 Å². The second-order valence-electron chi connectivity index (χ2n) is 8.61. The molecule has 0 unspecified atom stereocenters. The highest BCUT2D eigenvalue weighted by molar-refractivity contribution is 6.33. The van der Waals surface area contributed by atoms with Crippen LogP contribution in [-0.2, 0) is 11.3 Å². The van der Waals surface area contributed by atoms with Crippen LogP contribution < -0.4 is 26.4 Å². The zero-order valence-corrected chi connectivity index (χ0v) is 21.7. The molecule has 0 saturated carbocycles. The molecular weight excluding hydrogens is 508 g/mol. The van der Waals surface area contributed by atoms with Crippen molar-refractivity contribution in [1.82, 2.24) is 15.8 Å². The summed E-state index contributed by atoms with van der Waals surface area (Å²) in [4.78, 5) is 29.2. The third-order valence-corrected chi connectivity index (χ3v) is 6.04. The number of nitrogens with zero attached hydrogens (tertiary/aromatic N) is 2. The van der Waals surface area contributed by atoms with Crippen molar-refractivity contribution in [3.63, 3.8) is 0 Å². The molecule has 38 heavy (non-hydrogen) atoms. The Kier molecular flexibility index (Phi) is 9.12. The quantitative estimate of drug-likeness (QED) is 0.317. The van der Waals surface area contributed by atoms with Gasteiger partial charge in [0.15, 0.2) is 5.96 Å². The van der Waals surface area contributed by atoms with E-state index in [1.54, 1.807) is 49.4 Å². The average Bonchev–Trinajstić information content (AvgIpc) is 3.29. The van der Waals surface area contributed by atoms with Gasteiger partial charge in [0.05, 0.1) is 17.3 Å². The Bertz CT molecular complexity index is 1350. The molecular formula is C27H29ClN6O4. The topological polar surface area (TPSA) is 144 Å². The number of ether oxygens (including phenoxy) is 1. The summed E-state index contributed by atoms with van der Waals surface area (Å²) in [7, 11) is 0. The molecule has 198 valence electrons. The Morgan fingerprint density at radius 1 is 1.05 bits per heavy atom. The van der Waals surface area contributed by atoms with E-state index >= 15 is 0 Å². The van der Waals surface area contributed by atoms with Crippen molar-refractivity contribution < 1.29 is 18.8 Å². The maximum atomic E-state index is 13.0. The van der Waals surface area contributed by atoms with Gasteiger partial charge in [-0.2, -0.15) is 4.99 Å². The molecule has 0 radical (unpaired) electrons. The summed E-state index contributed by atoms with van der Waals surface area (Å²) in [6.07, 6.45) is 5.72. The summed E-state index contributed by atoms with van der Waals surface area (Å²) < 4.78 is 11.0. The number of anilines is 1. The van der Waals surface area contributed by atoms with Crippen molar-refractivity contribution in [3.8, 4) is 17.0 Å². The largest absolute Gasteiger partial charge is 0.490 e. The van der Waals surface area contributed by atoms with Crippen LogP contribution in [0.2, 0.25) is 5.02 Å². The minimum atomic E-state index is -0.583.